The Hall–Kier alpha value is -2.48. The van der Waals surface area contributed by atoms with Crippen LogP contribution in [-0.4, -0.2) is 30.7 Å². The summed E-state index contributed by atoms with van der Waals surface area (Å²) in [6.07, 6.45) is -0.507. The van der Waals surface area contributed by atoms with Crippen LogP contribution in [0.3, 0.4) is 0 Å². The molecule has 0 fully saturated rings. The molecule has 0 saturated heterocycles. The van der Waals surface area contributed by atoms with Crippen molar-refractivity contribution >= 4 is 12.0 Å². The maximum Gasteiger partial charge on any atom is 0.407 e. The van der Waals surface area contributed by atoms with Crippen molar-refractivity contribution in [2.24, 2.45) is 0 Å². The summed E-state index contributed by atoms with van der Waals surface area (Å²) in [6, 6.07) is 9.24. The molecule has 0 saturated carbocycles. The first-order valence-electron chi connectivity index (χ1n) is 6.68. The van der Waals surface area contributed by atoms with E-state index in [1.54, 1.807) is 20.8 Å². The molecular formula is C16H20N2O3. The molecule has 21 heavy (non-hydrogen) atoms. The first-order chi connectivity index (χ1) is 9.87. The first-order valence-corrected chi connectivity index (χ1v) is 6.68. The topological polar surface area (TPSA) is 67.4 Å². The number of amides is 2. The van der Waals surface area contributed by atoms with E-state index in [1.807, 2.05) is 30.3 Å². The van der Waals surface area contributed by atoms with Gasteiger partial charge < -0.3 is 15.4 Å². The zero-order chi connectivity index (χ0) is 15.7. The van der Waals surface area contributed by atoms with Crippen molar-refractivity contribution in [3.05, 3.63) is 35.9 Å². The Balaban J connectivity index is 2.23. The van der Waals surface area contributed by atoms with Gasteiger partial charge in [-0.05, 0) is 32.9 Å². The van der Waals surface area contributed by atoms with Crippen LogP contribution in [0.5, 0.6) is 0 Å². The van der Waals surface area contributed by atoms with Gasteiger partial charge in [-0.25, -0.2) is 4.79 Å². The number of rotatable bonds is 3. The molecule has 0 aliphatic rings. The third kappa shape index (κ3) is 8.32. The Morgan fingerprint density at radius 1 is 1.10 bits per heavy atom. The summed E-state index contributed by atoms with van der Waals surface area (Å²) < 4.78 is 5.06. The number of hydrogen-bond acceptors (Lipinski definition) is 3. The Labute approximate surface area is 125 Å². The van der Waals surface area contributed by atoms with E-state index in [2.05, 4.69) is 22.5 Å². The van der Waals surface area contributed by atoms with Crippen molar-refractivity contribution in [2.75, 3.05) is 13.1 Å². The smallest absolute Gasteiger partial charge is 0.407 e. The number of alkyl carbamates (subject to hydrolysis) is 1. The molecule has 1 aromatic carbocycles. The van der Waals surface area contributed by atoms with Crippen LogP contribution >= 0.6 is 0 Å². The van der Waals surface area contributed by atoms with Crippen LogP contribution in [0.25, 0.3) is 0 Å². The lowest BCUT2D eigenvalue weighted by molar-refractivity contribution is -0.115. The molecule has 1 rings (SSSR count). The van der Waals surface area contributed by atoms with Crippen LogP contribution in [0.15, 0.2) is 30.3 Å². The number of benzene rings is 1. The lowest BCUT2D eigenvalue weighted by Crippen LogP contribution is -2.37. The Morgan fingerprint density at radius 2 is 1.71 bits per heavy atom. The van der Waals surface area contributed by atoms with Crippen LogP contribution in [0.1, 0.15) is 26.3 Å². The SMILES string of the molecule is CC(C)(C)OC(=O)NCCNC(=O)C#Cc1ccccc1. The summed E-state index contributed by atoms with van der Waals surface area (Å²) in [7, 11) is 0. The van der Waals surface area contributed by atoms with Crippen LogP contribution in [-0.2, 0) is 9.53 Å². The van der Waals surface area contributed by atoms with Gasteiger partial charge in [-0.15, -0.1) is 0 Å². The van der Waals surface area contributed by atoms with Crippen molar-refractivity contribution in [1.82, 2.24) is 10.6 Å². The molecule has 112 valence electrons. The molecule has 0 heterocycles. The molecule has 2 N–H and O–H groups in total. The average molecular weight is 288 g/mol. The van der Waals surface area contributed by atoms with Crippen LogP contribution < -0.4 is 10.6 Å². The number of ether oxygens (including phenoxy) is 1. The highest BCUT2D eigenvalue weighted by atomic mass is 16.6. The molecule has 0 bridgehead atoms. The summed E-state index contributed by atoms with van der Waals surface area (Å²) in [5, 5.41) is 5.13. The van der Waals surface area contributed by atoms with Gasteiger partial charge >= 0.3 is 6.09 Å². The Bertz CT molecular complexity index is 536. The maximum absolute atomic E-state index is 11.5. The van der Waals surface area contributed by atoms with Crippen LogP contribution in [0.2, 0.25) is 0 Å². The van der Waals surface area contributed by atoms with E-state index in [9.17, 15) is 9.59 Å². The van der Waals surface area contributed by atoms with Gasteiger partial charge in [0, 0.05) is 24.6 Å². The number of carbonyl (C=O) groups is 2. The van der Waals surface area contributed by atoms with Gasteiger partial charge in [-0.3, -0.25) is 4.79 Å². The fourth-order valence-corrected chi connectivity index (χ4v) is 1.35. The van der Waals surface area contributed by atoms with Gasteiger partial charge in [0.1, 0.15) is 5.60 Å². The second kappa shape index (κ2) is 7.95. The Kier molecular flexibility index (Phi) is 6.28. The third-order valence-corrected chi connectivity index (χ3v) is 2.17. The van der Waals surface area contributed by atoms with Crippen LogP contribution in [0, 0.1) is 11.8 Å². The predicted octanol–water partition coefficient (Wildman–Crippen LogP) is 1.68. The summed E-state index contributed by atoms with van der Waals surface area (Å²) in [5.41, 5.74) is 0.244. The van der Waals surface area contributed by atoms with Crippen molar-refractivity contribution in [3.63, 3.8) is 0 Å². The van der Waals surface area contributed by atoms with Gasteiger partial charge in [-0.1, -0.05) is 24.1 Å². The molecule has 0 aliphatic heterocycles. The number of hydrogen-bond donors (Lipinski definition) is 2. The quantitative estimate of drug-likeness (QED) is 0.657. The summed E-state index contributed by atoms with van der Waals surface area (Å²) >= 11 is 0. The van der Waals surface area contributed by atoms with E-state index in [1.165, 1.54) is 0 Å². The van der Waals surface area contributed by atoms with Gasteiger partial charge in [0.05, 0.1) is 0 Å². The van der Waals surface area contributed by atoms with Gasteiger partial charge in [0.25, 0.3) is 5.91 Å². The molecule has 0 spiro atoms. The molecule has 1 aromatic rings. The molecule has 0 atom stereocenters. The van der Waals surface area contributed by atoms with E-state index in [0.717, 1.165) is 5.56 Å². The van der Waals surface area contributed by atoms with Crippen molar-refractivity contribution in [3.8, 4) is 11.8 Å². The van der Waals surface area contributed by atoms with Gasteiger partial charge in [0.15, 0.2) is 0 Å². The lowest BCUT2D eigenvalue weighted by Gasteiger charge is -2.19. The second-order valence-corrected chi connectivity index (χ2v) is 5.30. The fourth-order valence-electron chi connectivity index (χ4n) is 1.35. The highest BCUT2D eigenvalue weighted by Crippen LogP contribution is 2.05. The van der Waals surface area contributed by atoms with E-state index >= 15 is 0 Å². The van der Waals surface area contributed by atoms with Gasteiger partial charge in [0.2, 0.25) is 0 Å². The summed E-state index contributed by atoms with van der Waals surface area (Å²) in [6.45, 7) is 5.93. The minimum atomic E-state index is -0.533. The zero-order valence-electron chi connectivity index (χ0n) is 12.5. The highest BCUT2D eigenvalue weighted by Gasteiger charge is 2.15. The molecule has 0 unspecified atom stereocenters. The molecule has 5 nitrogen and oxygen atoms in total. The average Bonchev–Trinajstić information content (AvgIpc) is 2.40. The van der Waals surface area contributed by atoms with E-state index in [0.29, 0.717) is 6.54 Å². The minimum absolute atomic E-state index is 0.285. The second-order valence-electron chi connectivity index (χ2n) is 5.30. The lowest BCUT2D eigenvalue weighted by atomic mass is 10.2. The molecule has 0 aromatic heterocycles. The van der Waals surface area contributed by atoms with E-state index in [4.69, 9.17) is 4.74 Å². The summed E-state index contributed by atoms with van der Waals surface area (Å²) in [4.78, 5) is 22.8. The van der Waals surface area contributed by atoms with Crippen molar-refractivity contribution < 1.29 is 14.3 Å². The maximum atomic E-state index is 11.5. The first kappa shape index (κ1) is 16.6. The number of nitrogens with one attached hydrogen (secondary N) is 2. The summed E-state index contributed by atoms with van der Waals surface area (Å²) in [5.74, 6) is 4.85. The largest absolute Gasteiger partial charge is 0.444 e. The molecular weight excluding hydrogens is 268 g/mol. The fraction of sp³-hybridized carbons (Fsp3) is 0.375. The highest BCUT2D eigenvalue weighted by molar-refractivity contribution is 5.94. The van der Waals surface area contributed by atoms with E-state index < -0.39 is 11.7 Å². The molecule has 0 radical (unpaired) electrons. The van der Waals surface area contributed by atoms with Crippen LogP contribution in [0.4, 0.5) is 4.79 Å². The zero-order valence-corrected chi connectivity index (χ0v) is 12.5. The molecule has 0 aliphatic carbocycles. The monoisotopic (exact) mass is 288 g/mol. The number of carbonyl (C=O) groups excluding carboxylic acids is 2. The van der Waals surface area contributed by atoms with Crippen molar-refractivity contribution in [2.45, 2.75) is 26.4 Å². The van der Waals surface area contributed by atoms with E-state index in [-0.39, 0.29) is 12.5 Å². The minimum Gasteiger partial charge on any atom is -0.444 e. The third-order valence-electron chi connectivity index (χ3n) is 2.17. The standard InChI is InChI=1S/C16H20N2O3/c1-16(2,3)21-15(20)18-12-11-17-14(19)10-9-13-7-5-4-6-8-13/h4-8H,11-12H2,1-3H3,(H,17,19)(H,18,20). The molecule has 5 heteroatoms. The molecule has 2 amide bonds. The van der Waals surface area contributed by atoms with Crippen molar-refractivity contribution in [1.29, 1.82) is 0 Å². The predicted molar refractivity (Wildman–Crippen MR) is 80.6 cm³/mol. The Morgan fingerprint density at radius 3 is 2.33 bits per heavy atom. The normalized spacial score (nSPS) is 10.0. The van der Waals surface area contributed by atoms with Gasteiger partial charge in [-0.2, -0.15) is 0 Å².